The monoisotopic (exact) mass is 292 g/mol. The summed E-state index contributed by atoms with van der Waals surface area (Å²) in [6.45, 7) is 1.98. The highest BCUT2D eigenvalue weighted by Crippen LogP contribution is 2.32. The molecule has 3 rings (SSSR count). The molecule has 19 heavy (non-hydrogen) atoms. The van der Waals surface area contributed by atoms with Gasteiger partial charge in [-0.15, -0.1) is 0 Å². The molecule has 0 spiro atoms. The molecule has 0 fully saturated rings. The van der Waals surface area contributed by atoms with Crippen molar-refractivity contribution in [1.29, 1.82) is 0 Å². The molecule has 96 valence electrons. The van der Waals surface area contributed by atoms with Crippen molar-refractivity contribution in [1.82, 2.24) is 14.4 Å². The molecule has 0 atom stereocenters. The van der Waals surface area contributed by atoms with Crippen LogP contribution in [0.2, 0.25) is 10.0 Å². The number of imidazole rings is 1. The van der Waals surface area contributed by atoms with Crippen LogP contribution in [0.1, 0.15) is 5.56 Å². The van der Waals surface area contributed by atoms with Gasteiger partial charge in [0.2, 0.25) is 0 Å². The number of pyridine rings is 2. The molecule has 3 aromatic rings. The molecule has 0 aliphatic rings. The molecule has 0 aliphatic carbocycles. The van der Waals surface area contributed by atoms with Gasteiger partial charge in [0.05, 0.1) is 10.0 Å². The Labute approximate surface area is 119 Å². The molecule has 0 aromatic carbocycles. The lowest BCUT2D eigenvalue weighted by atomic mass is 10.1. The van der Waals surface area contributed by atoms with E-state index >= 15 is 0 Å². The Morgan fingerprint density at radius 3 is 2.84 bits per heavy atom. The fourth-order valence-corrected chi connectivity index (χ4v) is 2.51. The third-order valence-corrected chi connectivity index (χ3v) is 3.46. The summed E-state index contributed by atoms with van der Waals surface area (Å²) < 4.78 is 1.69. The van der Waals surface area contributed by atoms with E-state index in [9.17, 15) is 0 Å². The fraction of sp³-hybridized carbons (Fsp3) is 0.0769. The van der Waals surface area contributed by atoms with E-state index in [0.717, 1.165) is 11.1 Å². The molecule has 4 nitrogen and oxygen atoms in total. The van der Waals surface area contributed by atoms with Crippen LogP contribution in [0.15, 0.2) is 30.7 Å². The van der Waals surface area contributed by atoms with Crippen molar-refractivity contribution in [2.75, 3.05) is 5.73 Å². The Bertz CT molecular complexity index is 780. The van der Waals surface area contributed by atoms with Gasteiger partial charge in [-0.1, -0.05) is 23.2 Å². The highest BCUT2D eigenvalue weighted by atomic mass is 35.5. The molecular formula is C13H10Cl2N4. The summed E-state index contributed by atoms with van der Waals surface area (Å²) >= 11 is 12.1. The SMILES string of the molecule is Cc1ccncc1-c1nc2c(Cl)cc(Cl)cn2c1N. The minimum Gasteiger partial charge on any atom is -0.383 e. The highest BCUT2D eigenvalue weighted by molar-refractivity contribution is 6.36. The maximum Gasteiger partial charge on any atom is 0.158 e. The summed E-state index contributed by atoms with van der Waals surface area (Å²) in [5.41, 5.74) is 9.31. The number of nitrogens with zero attached hydrogens (tertiary/aromatic N) is 3. The molecule has 0 aliphatic heterocycles. The largest absolute Gasteiger partial charge is 0.383 e. The summed E-state index contributed by atoms with van der Waals surface area (Å²) in [5.74, 6) is 0.496. The maximum absolute atomic E-state index is 6.14. The van der Waals surface area contributed by atoms with Gasteiger partial charge in [0.15, 0.2) is 5.65 Å². The smallest absolute Gasteiger partial charge is 0.158 e. The van der Waals surface area contributed by atoms with Crippen LogP contribution < -0.4 is 5.73 Å². The molecule has 2 N–H and O–H groups in total. The predicted molar refractivity (Wildman–Crippen MR) is 77.6 cm³/mol. The predicted octanol–water partition coefficient (Wildman–Crippen LogP) is 3.59. The van der Waals surface area contributed by atoms with E-state index in [2.05, 4.69) is 9.97 Å². The van der Waals surface area contributed by atoms with Crippen LogP contribution in [0.3, 0.4) is 0 Å². The van der Waals surface area contributed by atoms with E-state index < -0.39 is 0 Å². The Kier molecular flexibility index (Phi) is 2.84. The van der Waals surface area contributed by atoms with E-state index in [1.165, 1.54) is 0 Å². The quantitative estimate of drug-likeness (QED) is 0.746. The number of hydrogen-bond acceptors (Lipinski definition) is 3. The van der Waals surface area contributed by atoms with E-state index in [1.807, 2.05) is 13.0 Å². The van der Waals surface area contributed by atoms with Gasteiger partial charge in [-0.25, -0.2) is 4.98 Å². The molecule has 3 heterocycles. The number of hydrogen-bond donors (Lipinski definition) is 1. The number of halogens is 2. The number of aromatic nitrogens is 3. The zero-order valence-electron chi connectivity index (χ0n) is 10.1. The van der Waals surface area contributed by atoms with Gasteiger partial charge in [0.25, 0.3) is 0 Å². The molecule has 0 bridgehead atoms. The summed E-state index contributed by atoms with van der Waals surface area (Å²) in [4.78, 5) is 8.60. The average molecular weight is 293 g/mol. The van der Waals surface area contributed by atoms with Gasteiger partial charge in [-0.3, -0.25) is 9.38 Å². The van der Waals surface area contributed by atoms with Crippen molar-refractivity contribution in [3.8, 4) is 11.3 Å². The maximum atomic E-state index is 6.14. The summed E-state index contributed by atoms with van der Waals surface area (Å²) in [6.07, 6.45) is 5.16. The van der Waals surface area contributed by atoms with E-state index in [4.69, 9.17) is 28.9 Å². The third kappa shape index (κ3) is 1.93. The second kappa shape index (κ2) is 4.40. The molecule has 0 saturated heterocycles. The van der Waals surface area contributed by atoms with Gasteiger partial charge in [0.1, 0.15) is 11.5 Å². The third-order valence-electron chi connectivity index (χ3n) is 2.97. The number of anilines is 1. The van der Waals surface area contributed by atoms with Gasteiger partial charge in [-0.05, 0) is 24.6 Å². The molecule has 0 unspecified atom stereocenters. The Morgan fingerprint density at radius 2 is 2.11 bits per heavy atom. The van der Waals surface area contributed by atoms with Crippen LogP contribution in [0.4, 0.5) is 5.82 Å². The molecule has 6 heteroatoms. The number of nitrogens with two attached hydrogens (primary N) is 1. The Hall–Kier alpha value is -1.78. The van der Waals surface area contributed by atoms with Gasteiger partial charge in [-0.2, -0.15) is 0 Å². The first-order valence-corrected chi connectivity index (χ1v) is 6.37. The van der Waals surface area contributed by atoms with Crippen molar-refractivity contribution >= 4 is 34.7 Å². The van der Waals surface area contributed by atoms with E-state index in [0.29, 0.717) is 27.2 Å². The highest BCUT2D eigenvalue weighted by Gasteiger charge is 2.15. The standard InChI is InChI=1S/C13H10Cl2N4/c1-7-2-3-17-5-9(7)11-12(16)19-6-8(14)4-10(15)13(19)18-11/h2-6H,16H2,1H3. The molecule has 0 amide bonds. The number of aryl methyl sites for hydroxylation is 1. The van der Waals surface area contributed by atoms with Crippen LogP contribution in [-0.4, -0.2) is 14.4 Å². The number of nitrogen functional groups attached to an aromatic ring is 1. The van der Waals surface area contributed by atoms with Crippen molar-refractivity contribution in [2.24, 2.45) is 0 Å². The van der Waals surface area contributed by atoms with Crippen molar-refractivity contribution < 1.29 is 0 Å². The first kappa shape index (κ1) is 12.3. The normalized spacial score (nSPS) is 11.1. The Morgan fingerprint density at radius 1 is 1.32 bits per heavy atom. The summed E-state index contributed by atoms with van der Waals surface area (Å²) in [7, 11) is 0. The zero-order valence-corrected chi connectivity index (χ0v) is 11.6. The molecule has 3 aromatic heterocycles. The van der Waals surface area contributed by atoms with Crippen molar-refractivity contribution in [3.63, 3.8) is 0 Å². The second-order valence-corrected chi connectivity index (χ2v) is 5.08. The number of fused-ring (bicyclic) bond motifs is 1. The lowest BCUT2D eigenvalue weighted by molar-refractivity contribution is 1.20. The van der Waals surface area contributed by atoms with Gasteiger partial charge < -0.3 is 5.73 Å². The molecular weight excluding hydrogens is 283 g/mol. The molecule has 0 radical (unpaired) electrons. The topological polar surface area (TPSA) is 56.2 Å². The Balaban J connectivity index is 2.35. The lowest BCUT2D eigenvalue weighted by Gasteiger charge is -2.02. The van der Waals surface area contributed by atoms with Crippen LogP contribution in [0.25, 0.3) is 16.9 Å². The number of rotatable bonds is 1. The minimum atomic E-state index is 0.465. The van der Waals surface area contributed by atoms with Crippen LogP contribution >= 0.6 is 23.2 Å². The van der Waals surface area contributed by atoms with Crippen LogP contribution in [-0.2, 0) is 0 Å². The van der Waals surface area contributed by atoms with Crippen molar-refractivity contribution in [2.45, 2.75) is 6.92 Å². The zero-order chi connectivity index (χ0) is 13.6. The average Bonchev–Trinajstić information content (AvgIpc) is 2.68. The van der Waals surface area contributed by atoms with Crippen LogP contribution in [0, 0.1) is 6.92 Å². The summed E-state index contributed by atoms with van der Waals surface area (Å²) in [5, 5.41) is 0.975. The molecule has 0 saturated carbocycles. The van der Waals surface area contributed by atoms with E-state index in [1.54, 1.807) is 29.1 Å². The minimum absolute atomic E-state index is 0.465. The van der Waals surface area contributed by atoms with Crippen LogP contribution in [0.5, 0.6) is 0 Å². The fourth-order valence-electron chi connectivity index (χ4n) is 2.00. The van der Waals surface area contributed by atoms with E-state index in [-0.39, 0.29) is 0 Å². The first-order valence-electron chi connectivity index (χ1n) is 5.61. The second-order valence-electron chi connectivity index (χ2n) is 4.24. The summed E-state index contributed by atoms with van der Waals surface area (Å²) in [6, 6.07) is 3.55. The lowest BCUT2D eigenvalue weighted by Crippen LogP contribution is -1.95. The van der Waals surface area contributed by atoms with Gasteiger partial charge in [0, 0.05) is 24.2 Å². The van der Waals surface area contributed by atoms with Gasteiger partial charge >= 0.3 is 0 Å². The van der Waals surface area contributed by atoms with Crippen molar-refractivity contribution in [3.05, 3.63) is 46.3 Å². The first-order chi connectivity index (χ1) is 9.08.